The summed E-state index contributed by atoms with van der Waals surface area (Å²) in [5, 5.41) is 9.17. The molecule has 1 aromatic carbocycles. The van der Waals surface area contributed by atoms with E-state index in [1.165, 1.54) is 0 Å². The molecule has 21 heavy (non-hydrogen) atoms. The number of nitrogens with one attached hydrogen (secondary N) is 2. The zero-order valence-electron chi connectivity index (χ0n) is 11.5. The summed E-state index contributed by atoms with van der Waals surface area (Å²) in [5.74, 6) is 0.0618. The average molecular weight is 324 g/mol. The van der Waals surface area contributed by atoms with Gasteiger partial charge >= 0.3 is 0 Å². The van der Waals surface area contributed by atoms with Crippen LogP contribution in [0.2, 0.25) is 0 Å². The number of nitrogens with zero attached hydrogens (tertiary/aromatic N) is 1. The number of anilines is 1. The highest BCUT2D eigenvalue weighted by Crippen LogP contribution is 2.23. The molecular formula is C15H18ClN3OS. The Morgan fingerprint density at radius 2 is 2.10 bits per heavy atom. The van der Waals surface area contributed by atoms with E-state index in [0.29, 0.717) is 0 Å². The molecule has 1 amide bonds. The van der Waals surface area contributed by atoms with Gasteiger partial charge in [0, 0.05) is 22.8 Å². The lowest BCUT2D eigenvalue weighted by Crippen LogP contribution is -2.43. The first-order valence-corrected chi connectivity index (χ1v) is 7.75. The van der Waals surface area contributed by atoms with E-state index in [1.807, 2.05) is 29.6 Å². The molecule has 2 heterocycles. The van der Waals surface area contributed by atoms with Gasteiger partial charge in [-0.2, -0.15) is 0 Å². The van der Waals surface area contributed by atoms with Crippen molar-refractivity contribution in [3.05, 3.63) is 35.8 Å². The molecule has 0 radical (unpaired) electrons. The second-order valence-electron chi connectivity index (χ2n) is 4.91. The lowest BCUT2D eigenvalue weighted by Gasteiger charge is -2.22. The maximum absolute atomic E-state index is 12.1. The van der Waals surface area contributed by atoms with Gasteiger partial charge < -0.3 is 10.6 Å². The van der Waals surface area contributed by atoms with Crippen molar-refractivity contribution in [1.29, 1.82) is 0 Å². The van der Waals surface area contributed by atoms with Gasteiger partial charge in [-0.3, -0.25) is 4.79 Å². The highest BCUT2D eigenvalue weighted by Gasteiger charge is 2.20. The third-order valence-electron chi connectivity index (χ3n) is 3.46. The number of amides is 1. The Morgan fingerprint density at radius 1 is 1.29 bits per heavy atom. The number of piperidine rings is 1. The van der Waals surface area contributed by atoms with Crippen molar-refractivity contribution in [3.63, 3.8) is 0 Å². The number of thiazole rings is 1. The minimum absolute atomic E-state index is 0. The topological polar surface area (TPSA) is 54.0 Å². The summed E-state index contributed by atoms with van der Waals surface area (Å²) in [5.41, 5.74) is 1.91. The number of hydrogen-bond donors (Lipinski definition) is 2. The van der Waals surface area contributed by atoms with E-state index in [2.05, 4.69) is 15.6 Å². The van der Waals surface area contributed by atoms with E-state index in [9.17, 15) is 4.79 Å². The second kappa shape index (κ2) is 7.54. The van der Waals surface area contributed by atoms with Crippen LogP contribution in [-0.2, 0) is 4.79 Å². The average Bonchev–Trinajstić information content (AvgIpc) is 3.03. The Morgan fingerprint density at radius 3 is 2.71 bits per heavy atom. The number of hydrogen-bond acceptors (Lipinski definition) is 4. The van der Waals surface area contributed by atoms with Gasteiger partial charge in [0.15, 0.2) is 0 Å². The van der Waals surface area contributed by atoms with Gasteiger partial charge in [0.25, 0.3) is 0 Å². The van der Waals surface area contributed by atoms with Crippen molar-refractivity contribution < 1.29 is 4.79 Å². The predicted molar refractivity (Wildman–Crippen MR) is 89.1 cm³/mol. The fraction of sp³-hybridized carbons (Fsp3) is 0.333. The fourth-order valence-electron chi connectivity index (χ4n) is 2.37. The van der Waals surface area contributed by atoms with Crippen molar-refractivity contribution in [2.45, 2.75) is 25.3 Å². The summed E-state index contributed by atoms with van der Waals surface area (Å²) < 4.78 is 0. The maximum Gasteiger partial charge on any atom is 0.241 e. The van der Waals surface area contributed by atoms with Gasteiger partial charge in [0.1, 0.15) is 5.01 Å². The van der Waals surface area contributed by atoms with E-state index < -0.39 is 0 Å². The van der Waals surface area contributed by atoms with Crippen molar-refractivity contribution in [2.24, 2.45) is 0 Å². The number of carbonyl (C=O) groups excluding carboxylic acids is 1. The van der Waals surface area contributed by atoms with Crippen LogP contribution in [0, 0.1) is 0 Å². The smallest absolute Gasteiger partial charge is 0.241 e. The van der Waals surface area contributed by atoms with E-state index in [4.69, 9.17) is 0 Å². The van der Waals surface area contributed by atoms with Gasteiger partial charge in [0.05, 0.1) is 6.04 Å². The summed E-state index contributed by atoms with van der Waals surface area (Å²) in [4.78, 5) is 16.4. The fourth-order valence-corrected chi connectivity index (χ4v) is 3.01. The summed E-state index contributed by atoms with van der Waals surface area (Å²) in [6.07, 6.45) is 4.99. The molecule has 0 spiro atoms. The molecule has 1 atom stereocenters. The first kappa shape index (κ1) is 15.9. The molecule has 6 heteroatoms. The Kier molecular flexibility index (Phi) is 5.73. The van der Waals surface area contributed by atoms with Gasteiger partial charge in [0.2, 0.25) is 5.91 Å². The second-order valence-corrected chi connectivity index (χ2v) is 5.80. The van der Waals surface area contributed by atoms with Crippen LogP contribution >= 0.6 is 23.7 Å². The highest BCUT2D eigenvalue weighted by atomic mass is 35.5. The molecule has 1 fully saturated rings. The summed E-state index contributed by atoms with van der Waals surface area (Å²) in [7, 11) is 0. The zero-order chi connectivity index (χ0) is 13.8. The van der Waals surface area contributed by atoms with Gasteiger partial charge in [-0.1, -0.05) is 6.42 Å². The van der Waals surface area contributed by atoms with Crippen LogP contribution in [0.25, 0.3) is 10.6 Å². The number of benzene rings is 1. The Labute approximate surface area is 134 Å². The summed E-state index contributed by atoms with van der Waals surface area (Å²) in [6.45, 7) is 0.932. The van der Waals surface area contributed by atoms with E-state index in [0.717, 1.165) is 42.1 Å². The third kappa shape index (κ3) is 4.03. The van der Waals surface area contributed by atoms with E-state index in [-0.39, 0.29) is 24.4 Å². The Bertz CT molecular complexity index is 565. The molecule has 0 saturated carbocycles. The molecule has 1 aliphatic heterocycles. The number of halogens is 1. The van der Waals surface area contributed by atoms with Crippen LogP contribution in [0.3, 0.4) is 0 Å². The molecule has 0 aliphatic carbocycles. The standard InChI is InChI=1S/C15H17N3OS.ClH/c19-14(13-3-1-2-8-16-13)18-12-6-4-11(5-7-12)15-17-9-10-20-15;/h4-7,9-10,13,16H,1-3,8H2,(H,18,19);1H/t13-;/m0./s1. The molecule has 2 N–H and O–H groups in total. The van der Waals surface area contributed by atoms with E-state index >= 15 is 0 Å². The summed E-state index contributed by atoms with van der Waals surface area (Å²) in [6, 6.07) is 7.78. The van der Waals surface area contributed by atoms with Crippen molar-refractivity contribution in [3.8, 4) is 10.6 Å². The lowest BCUT2D eigenvalue weighted by atomic mass is 10.0. The Balaban J connectivity index is 0.00000161. The largest absolute Gasteiger partial charge is 0.325 e. The Hall–Kier alpha value is -1.43. The van der Waals surface area contributed by atoms with Crippen LogP contribution in [0.15, 0.2) is 35.8 Å². The van der Waals surface area contributed by atoms with Gasteiger partial charge in [-0.25, -0.2) is 4.98 Å². The van der Waals surface area contributed by atoms with Crippen LogP contribution in [0.4, 0.5) is 5.69 Å². The van der Waals surface area contributed by atoms with Crippen LogP contribution in [0.1, 0.15) is 19.3 Å². The quantitative estimate of drug-likeness (QED) is 0.911. The lowest BCUT2D eigenvalue weighted by molar-refractivity contribution is -0.118. The summed E-state index contributed by atoms with van der Waals surface area (Å²) >= 11 is 1.61. The van der Waals surface area contributed by atoms with E-state index in [1.54, 1.807) is 17.5 Å². The molecule has 4 nitrogen and oxygen atoms in total. The predicted octanol–water partition coefficient (Wildman–Crippen LogP) is 3.31. The molecule has 3 rings (SSSR count). The molecule has 2 aromatic rings. The molecule has 1 saturated heterocycles. The first-order chi connectivity index (χ1) is 9.83. The molecule has 0 unspecified atom stereocenters. The van der Waals surface area contributed by atoms with Crippen LogP contribution in [-0.4, -0.2) is 23.5 Å². The highest BCUT2D eigenvalue weighted by molar-refractivity contribution is 7.13. The maximum atomic E-state index is 12.1. The monoisotopic (exact) mass is 323 g/mol. The van der Waals surface area contributed by atoms with Gasteiger partial charge in [-0.15, -0.1) is 23.7 Å². The van der Waals surface area contributed by atoms with Crippen molar-refractivity contribution in [1.82, 2.24) is 10.3 Å². The third-order valence-corrected chi connectivity index (χ3v) is 4.28. The normalized spacial score (nSPS) is 17.8. The zero-order valence-corrected chi connectivity index (χ0v) is 13.2. The first-order valence-electron chi connectivity index (χ1n) is 6.87. The minimum Gasteiger partial charge on any atom is -0.325 e. The van der Waals surface area contributed by atoms with Crippen LogP contribution in [0.5, 0.6) is 0 Å². The molecule has 0 bridgehead atoms. The minimum atomic E-state index is -0.0533. The number of carbonyl (C=O) groups is 1. The molecular weight excluding hydrogens is 306 g/mol. The SMILES string of the molecule is Cl.O=C(Nc1ccc(-c2nccs2)cc1)[C@@H]1CCCCN1. The van der Waals surface area contributed by atoms with Crippen LogP contribution < -0.4 is 10.6 Å². The van der Waals surface area contributed by atoms with Gasteiger partial charge in [-0.05, 0) is 43.7 Å². The molecule has 1 aromatic heterocycles. The number of aromatic nitrogens is 1. The molecule has 112 valence electrons. The molecule has 1 aliphatic rings. The van der Waals surface area contributed by atoms with Crippen molar-refractivity contribution in [2.75, 3.05) is 11.9 Å². The number of rotatable bonds is 3. The van der Waals surface area contributed by atoms with Crippen molar-refractivity contribution >= 4 is 35.3 Å².